The van der Waals surface area contributed by atoms with Crippen LogP contribution in [-0.4, -0.2) is 23.0 Å². The molecule has 0 aliphatic heterocycles. The van der Waals surface area contributed by atoms with E-state index in [0.717, 1.165) is 6.20 Å². The van der Waals surface area contributed by atoms with E-state index >= 15 is 0 Å². The Morgan fingerprint density at radius 1 is 1.39 bits per heavy atom. The van der Waals surface area contributed by atoms with E-state index in [1.54, 1.807) is 6.07 Å². The third-order valence-electron chi connectivity index (χ3n) is 2.23. The molecule has 2 aromatic rings. The first-order valence-corrected chi connectivity index (χ1v) is 5.35. The molecule has 0 N–H and O–H groups in total. The molecule has 0 aliphatic rings. The number of halogens is 2. The maximum atomic E-state index is 13.0. The Kier molecular flexibility index (Phi) is 3.53. The third kappa shape index (κ3) is 2.46. The van der Waals surface area contributed by atoms with Crippen LogP contribution in [0.5, 0.6) is 0 Å². The molecule has 0 atom stereocenters. The fourth-order valence-electron chi connectivity index (χ4n) is 1.39. The first-order chi connectivity index (χ1) is 8.61. The second-order valence-corrected chi connectivity index (χ2v) is 3.82. The van der Waals surface area contributed by atoms with Crippen LogP contribution in [0.4, 0.5) is 4.39 Å². The van der Waals surface area contributed by atoms with Crippen LogP contribution in [0.3, 0.4) is 0 Å². The van der Waals surface area contributed by atoms with Crippen molar-refractivity contribution in [2.45, 2.75) is 0 Å². The number of hydrogen-bond donors (Lipinski definition) is 0. The third-order valence-corrected chi connectivity index (χ3v) is 2.53. The van der Waals surface area contributed by atoms with E-state index in [1.165, 1.54) is 25.4 Å². The summed E-state index contributed by atoms with van der Waals surface area (Å²) in [6.07, 6.45) is 2.53. The summed E-state index contributed by atoms with van der Waals surface area (Å²) in [6, 6.07) is 4.34. The highest BCUT2D eigenvalue weighted by Gasteiger charge is 2.14. The second-order valence-electron chi connectivity index (χ2n) is 3.41. The van der Waals surface area contributed by atoms with E-state index in [1.807, 2.05) is 0 Å². The van der Waals surface area contributed by atoms with Gasteiger partial charge in [-0.2, -0.15) is 0 Å². The number of nitrogens with zero attached hydrogens (tertiary/aromatic N) is 2. The second kappa shape index (κ2) is 5.10. The van der Waals surface area contributed by atoms with Gasteiger partial charge in [-0.25, -0.2) is 14.2 Å². The average Bonchev–Trinajstić information content (AvgIpc) is 2.38. The molecule has 2 rings (SSSR count). The number of ether oxygens (including phenoxy) is 1. The number of esters is 1. The summed E-state index contributed by atoms with van der Waals surface area (Å²) in [6.45, 7) is 0. The van der Waals surface area contributed by atoms with E-state index in [9.17, 15) is 9.18 Å². The Labute approximate surface area is 107 Å². The van der Waals surface area contributed by atoms with Gasteiger partial charge in [0.25, 0.3) is 0 Å². The SMILES string of the molecule is COC(=O)c1nc(-c2cncc(F)c2)ccc1Cl. The number of carbonyl (C=O) groups is 1. The van der Waals surface area contributed by atoms with Gasteiger partial charge in [-0.1, -0.05) is 11.6 Å². The van der Waals surface area contributed by atoms with E-state index in [-0.39, 0.29) is 10.7 Å². The number of pyridine rings is 2. The zero-order valence-corrected chi connectivity index (χ0v) is 10.1. The predicted molar refractivity (Wildman–Crippen MR) is 63.8 cm³/mol. The van der Waals surface area contributed by atoms with Crippen molar-refractivity contribution in [3.8, 4) is 11.3 Å². The molecule has 6 heteroatoms. The lowest BCUT2D eigenvalue weighted by Crippen LogP contribution is -2.06. The van der Waals surface area contributed by atoms with Gasteiger partial charge in [-0.15, -0.1) is 0 Å². The molecule has 0 amide bonds. The molecule has 0 unspecified atom stereocenters. The smallest absolute Gasteiger partial charge is 0.358 e. The lowest BCUT2D eigenvalue weighted by molar-refractivity contribution is 0.0594. The summed E-state index contributed by atoms with van der Waals surface area (Å²) in [5, 5.41) is 0.176. The molecule has 0 bridgehead atoms. The number of rotatable bonds is 2. The largest absolute Gasteiger partial charge is 0.464 e. The maximum absolute atomic E-state index is 13.0. The van der Waals surface area contributed by atoms with Gasteiger partial charge in [0.1, 0.15) is 5.82 Å². The van der Waals surface area contributed by atoms with E-state index in [2.05, 4.69) is 14.7 Å². The lowest BCUT2D eigenvalue weighted by Gasteiger charge is -2.05. The number of carbonyl (C=O) groups excluding carboxylic acids is 1. The normalized spacial score (nSPS) is 10.2. The van der Waals surface area contributed by atoms with Crippen LogP contribution in [0.25, 0.3) is 11.3 Å². The van der Waals surface area contributed by atoms with Crippen molar-refractivity contribution in [3.05, 3.63) is 47.1 Å². The Balaban J connectivity index is 2.50. The van der Waals surface area contributed by atoms with Gasteiger partial charge in [0, 0.05) is 11.8 Å². The van der Waals surface area contributed by atoms with Crippen LogP contribution in [-0.2, 0) is 4.74 Å². The Bertz CT molecular complexity index is 604. The highest BCUT2D eigenvalue weighted by molar-refractivity contribution is 6.33. The molecule has 2 heterocycles. The highest BCUT2D eigenvalue weighted by Crippen LogP contribution is 2.22. The van der Waals surface area contributed by atoms with Crippen molar-refractivity contribution in [1.82, 2.24) is 9.97 Å². The molecule has 0 spiro atoms. The van der Waals surface area contributed by atoms with Gasteiger partial charge in [0.2, 0.25) is 0 Å². The highest BCUT2D eigenvalue weighted by atomic mass is 35.5. The molecule has 0 radical (unpaired) electrons. The number of methoxy groups -OCH3 is 1. The predicted octanol–water partition coefficient (Wildman–Crippen LogP) is 2.72. The van der Waals surface area contributed by atoms with E-state index in [0.29, 0.717) is 11.3 Å². The molecule has 2 aromatic heterocycles. The van der Waals surface area contributed by atoms with Gasteiger partial charge >= 0.3 is 5.97 Å². The molecular weight excluding hydrogens is 259 g/mol. The van der Waals surface area contributed by atoms with Gasteiger partial charge < -0.3 is 4.74 Å². The minimum Gasteiger partial charge on any atom is -0.464 e. The summed E-state index contributed by atoms with van der Waals surface area (Å²) in [5.41, 5.74) is 0.838. The quantitative estimate of drug-likeness (QED) is 0.784. The molecule has 4 nitrogen and oxygen atoms in total. The lowest BCUT2D eigenvalue weighted by atomic mass is 10.2. The first kappa shape index (κ1) is 12.4. The Morgan fingerprint density at radius 3 is 2.83 bits per heavy atom. The van der Waals surface area contributed by atoms with Crippen molar-refractivity contribution in [3.63, 3.8) is 0 Å². The van der Waals surface area contributed by atoms with Crippen molar-refractivity contribution >= 4 is 17.6 Å². The molecule has 0 aromatic carbocycles. The zero-order valence-electron chi connectivity index (χ0n) is 9.35. The molecule has 0 saturated carbocycles. The van der Waals surface area contributed by atoms with Crippen molar-refractivity contribution in [2.75, 3.05) is 7.11 Å². The van der Waals surface area contributed by atoms with E-state index in [4.69, 9.17) is 11.6 Å². The van der Waals surface area contributed by atoms with Gasteiger partial charge in [-0.3, -0.25) is 4.98 Å². The summed E-state index contributed by atoms with van der Waals surface area (Å²) < 4.78 is 17.6. The number of hydrogen-bond acceptors (Lipinski definition) is 4. The van der Waals surface area contributed by atoms with E-state index < -0.39 is 11.8 Å². The average molecular weight is 267 g/mol. The van der Waals surface area contributed by atoms with Crippen LogP contribution in [0.1, 0.15) is 10.5 Å². The molecule has 92 valence electrons. The standard InChI is InChI=1S/C12H8ClFN2O2/c1-18-12(17)11-9(13)2-3-10(16-11)7-4-8(14)6-15-5-7/h2-6H,1H3. The topological polar surface area (TPSA) is 52.1 Å². The van der Waals surface area contributed by atoms with Crippen molar-refractivity contribution in [2.24, 2.45) is 0 Å². The minimum absolute atomic E-state index is 0.0130. The summed E-state index contributed by atoms with van der Waals surface area (Å²) in [7, 11) is 1.23. The van der Waals surface area contributed by atoms with Crippen LogP contribution in [0.2, 0.25) is 5.02 Å². The Hall–Kier alpha value is -2.01. The molecule has 18 heavy (non-hydrogen) atoms. The fourth-order valence-corrected chi connectivity index (χ4v) is 1.58. The minimum atomic E-state index is -0.647. The fraction of sp³-hybridized carbons (Fsp3) is 0.0833. The summed E-state index contributed by atoms with van der Waals surface area (Å²) in [5.74, 6) is -1.13. The molecule has 0 aliphatic carbocycles. The van der Waals surface area contributed by atoms with Crippen LogP contribution >= 0.6 is 11.6 Å². The number of aromatic nitrogens is 2. The van der Waals surface area contributed by atoms with Gasteiger partial charge in [0.15, 0.2) is 5.69 Å². The zero-order chi connectivity index (χ0) is 13.1. The Morgan fingerprint density at radius 2 is 2.17 bits per heavy atom. The molecule has 0 saturated heterocycles. The van der Waals surface area contributed by atoms with Crippen LogP contribution in [0, 0.1) is 5.82 Å². The van der Waals surface area contributed by atoms with Crippen molar-refractivity contribution in [1.29, 1.82) is 0 Å². The molecule has 0 fully saturated rings. The summed E-state index contributed by atoms with van der Waals surface area (Å²) in [4.78, 5) is 19.2. The molecular formula is C12H8ClFN2O2. The summed E-state index contributed by atoms with van der Waals surface area (Å²) >= 11 is 5.84. The van der Waals surface area contributed by atoms with Crippen molar-refractivity contribution < 1.29 is 13.9 Å². The van der Waals surface area contributed by atoms with Gasteiger partial charge in [-0.05, 0) is 18.2 Å². The van der Waals surface area contributed by atoms with Crippen LogP contribution in [0.15, 0.2) is 30.6 Å². The maximum Gasteiger partial charge on any atom is 0.358 e. The van der Waals surface area contributed by atoms with Gasteiger partial charge in [0.05, 0.1) is 24.0 Å². The van der Waals surface area contributed by atoms with Crippen LogP contribution < -0.4 is 0 Å². The monoisotopic (exact) mass is 266 g/mol. The first-order valence-electron chi connectivity index (χ1n) is 4.97.